The van der Waals surface area contributed by atoms with Gasteiger partial charge in [0, 0.05) is 12.6 Å². The maximum Gasteiger partial charge on any atom is 0.254 e. The lowest BCUT2D eigenvalue weighted by Crippen LogP contribution is -2.34. The van der Waals surface area contributed by atoms with Gasteiger partial charge in [0.25, 0.3) is 5.91 Å². The summed E-state index contributed by atoms with van der Waals surface area (Å²) in [5, 5.41) is 8.76. The van der Waals surface area contributed by atoms with Crippen LogP contribution >= 0.6 is 15.9 Å². The molecule has 5 heteroatoms. The predicted molar refractivity (Wildman–Crippen MR) is 67.9 cm³/mol. The van der Waals surface area contributed by atoms with E-state index in [-0.39, 0.29) is 5.91 Å². The van der Waals surface area contributed by atoms with Crippen LogP contribution < -0.4 is 4.74 Å². The second-order valence-electron chi connectivity index (χ2n) is 3.57. The van der Waals surface area contributed by atoms with E-state index >= 15 is 0 Å². The van der Waals surface area contributed by atoms with Gasteiger partial charge in [0.05, 0.1) is 17.7 Å². The Morgan fingerprint density at radius 2 is 2.24 bits per heavy atom. The second-order valence-corrected chi connectivity index (χ2v) is 4.42. The summed E-state index contributed by atoms with van der Waals surface area (Å²) < 4.78 is 5.80. The average Bonchev–Trinajstić information content (AvgIpc) is 2.35. The van der Waals surface area contributed by atoms with Gasteiger partial charge in [-0.25, -0.2) is 0 Å². The van der Waals surface area contributed by atoms with Crippen LogP contribution in [-0.2, 0) is 0 Å². The Bertz CT molecular complexity index is 468. The Balaban J connectivity index is 2.98. The van der Waals surface area contributed by atoms with Crippen LogP contribution in [0.25, 0.3) is 0 Å². The third-order valence-electron chi connectivity index (χ3n) is 2.49. The molecule has 0 aromatic heterocycles. The highest BCUT2D eigenvalue weighted by Crippen LogP contribution is 2.26. The number of hydrogen-bond acceptors (Lipinski definition) is 3. The summed E-state index contributed by atoms with van der Waals surface area (Å²) in [5.41, 5.74) is 0.516. The van der Waals surface area contributed by atoms with Gasteiger partial charge in [0.1, 0.15) is 11.8 Å². The fourth-order valence-electron chi connectivity index (χ4n) is 1.27. The normalized spacial score (nSPS) is 11.5. The van der Waals surface area contributed by atoms with Crippen LogP contribution in [0.3, 0.4) is 0 Å². The highest BCUT2D eigenvalue weighted by atomic mass is 79.9. The number of carbonyl (C=O) groups excluding carboxylic acids is 1. The van der Waals surface area contributed by atoms with Crippen LogP contribution in [0.5, 0.6) is 5.75 Å². The molecule has 0 heterocycles. The third kappa shape index (κ3) is 2.98. The zero-order chi connectivity index (χ0) is 13.0. The monoisotopic (exact) mass is 296 g/mol. The van der Waals surface area contributed by atoms with Gasteiger partial charge in [-0.3, -0.25) is 4.79 Å². The Kier molecular flexibility index (Phi) is 4.53. The minimum atomic E-state index is -0.455. The van der Waals surface area contributed by atoms with Crippen molar-refractivity contribution in [1.82, 2.24) is 4.90 Å². The molecule has 0 spiro atoms. The Labute approximate surface area is 109 Å². The Morgan fingerprint density at radius 1 is 1.59 bits per heavy atom. The lowest BCUT2D eigenvalue weighted by atomic mass is 10.1. The number of amides is 1. The van der Waals surface area contributed by atoms with Gasteiger partial charge in [0.2, 0.25) is 0 Å². The van der Waals surface area contributed by atoms with Gasteiger partial charge >= 0.3 is 0 Å². The zero-order valence-corrected chi connectivity index (χ0v) is 11.5. The van der Waals surface area contributed by atoms with E-state index in [2.05, 4.69) is 15.9 Å². The molecule has 17 heavy (non-hydrogen) atoms. The zero-order valence-electron chi connectivity index (χ0n) is 9.90. The molecule has 1 amide bonds. The van der Waals surface area contributed by atoms with Crippen LogP contribution in [0.15, 0.2) is 22.7 Å². The van der Waals surface area contributed by atoms with Crippen molar-refractivity contribution in [3.63, 3.8) is 0 Å². The number of methoxy groups -OCH3 is 1. The highest BCUT2D eigenvalue weighted by molar-refractivity contribution is 9.10. The summed E-state index contributed by atoms with van der Waals surface area (Å²) >= 11 is 3.32. The number of halogens is 1. The molecule has 1 aromatic carbocycles. The topological polar surface area (TPSA) is 53.3 Å². The van der Waals surface area contributed by atoms with Crippen LogP contribution in [0.1, 0.15) is 17.3 Å². The predicted octanol–water partition coefficient (Wildman–Crippen LogP) is 2.44. The van der Waals surface area contributed by atoms with Crippen molar-refractivity contribution in [2.75, 3.05) is 14.2 Å². The first-order valence-electron chi connectivity index (χ1n) is 5.01. The fourth-order valence-corrected chi connectivity index (χ4v) is 1.81. The van der Waals surface area contributed by atoms with Crippen LogP contribution in [-0.4, -0.2) is 31.0 Å². The van der Waals surface area contributed by atoms with Crippen LogP contribution in [0.2, 0.25) is 0 Å². The summed E-state index contributed by atoms with van der Waals surface area (Å²) in [4.78, 5) is 13.4. The molecule has 0 fully saturated rings. The first-order valence-corrected chi connectivity index (χ1v) is 5.81. The maximum atomic E-state index is 12.0. The molecule has 0 bridgehead atoms. The lowest BCUT2D eigenvalue weighted by molar-refractivity contribution is 0.0773. The minimum absolute atomic E-state index is 0.192. The summed E-state index contributed by atoms with van der Waals surface area (Å²) in [6.45, 7) is 1.68. The molecule has 1 rings (SSSR count). The van der Waals surface area contributed by atoms with Crippen molar-refractivity contribution < 1.29 is 9.53 Å². The SMILES string of the molecule is COc1ccc(C(=O)N(C)C(C)C#N)cc1Br. The molecule has 0 aliphatic heterocycles. The number of nitrogens with zero attached hydrogens (tertiary/aromatic N) is 2. The van der Waals surface area contributed by atoms with Gasteiger partial charge in [-0.05, 0) is 41.1 Å². The van der Waals surface area contributed by atoms with E-state index in [4.69, 9.17) is 10.00 Å². The van der Waals surface area contributed by atoms with Gasteiger partial charge in [0.15, 0.2) is 0 Å². The third-order valence-corrected chi connectivity index (χ3v) is 3.11. The number of carbonyl (C=O) groups is 1. The van der Waals surface area contributed by atoms with Crippen molar-refractivity contribution in [2.24, 2.45) is 0 Å². The second kappa shape index (κ2) is 5.69. The molecule has 1 aromatic rings. The fraction of sp³-hybridized carbons (Fsp3) is 0.333. The van der Waals surface area contributed by atoms with Crippen molar-refractivity contribution in [1.29, 1.82) is 5.26 Å². The summed E-state index contributed by atoms with van der Waals surface area (Å²) in [6.07, 6.45) is 0. The van der Waals surface area contributed by atoms with Crippen molar-refractivity contribution in [3.8, 4) is 11.8 Å². The van der Waals surface area contributed by atoms with Crippen LogP contribution in [0, 0.1) is 11.3 Å². The molecule has 0 saturated carbocycles. The van der Waals surface area contributed by atoms with E-state index in [1.54, 1.807) is 39.3 Å². The van der Waals surface area contributed by atoms with E-state index in [1.807, 2.05) is 6.07 Å². The molecule has 1 unspecified atom stereocenters. The summed E-state index contributed by atoms with van der Waals surface area (Å²) in [7, 11) is 3.17. The van der Waals surface area contributed by atoms with Gasteiger partial charge in [-0.15, -0.1) is 0 Å². The average molecular weight is 297 g/mol. The standard InChI is InChI=1S/C12H13BrN2O2/c1-8(7-14)15(2)12(16)9-4-5-11(17-3)10(13)6-9/h4-6,8H,1-3H3. The lowest BCUT2D eigenvalue weighted by Gasteiger charge is -2.19. The first kappa shape index (κ1) is 13.5. The smallest absolute Gasteiger partial charge is 0.254 e. The molecular formula is C12H13BrN2O2. The van der Waals surface area contributed by atoms with E-state index in [9.17, 15) is 4.79 Å². The molecule has 0 aliphatic rings. The van der Waals surface area contributed by atoms with Gasteiger partial charge < -0.3 is 9.64 Å². The van der Waals surface area contributed by atoms with Gasteiger partial charge in [-0.1, -0.05) is 0 Å². The Hall–Kier alpha value is -1.54. The van der Waals surface area contributed by atoms with E-state index in [0.29, 0.717) is 15.8 Å². The highest BCUT2D eigenvalue weighted by Gasteiger charge is 2.17. The molecule has 90 valence electrons. The van der Waals surface area contributed by atoms with Crippen molar-refractivity contribution in [3.05, 3.63) is 28.2 Å². The van der Waals surface area contributed by atoms with Crippen molar-refractivity contribution in [2.45, 2.75) is 13.0 Å². The van der Waals surface area contributed by atoms with E-state index in [0.717, 1.165) is 0 Å². The summed E-state index contributed by atoms with van der Waals surface area (Å²) in [6, 6.07) is 6.63. The molecule has 4 nitrogen and oxygen atoms in total. The largest absolute Gasteiger partial charge is 0.496 e. The number of benzene rings is 1. The first-order chi connectivity index (χ1) is 8.01. The molecule has 0 aliphatic carbocycles. The maximum absolute atomic E-state index is 12.0. The molecule has 0 saturated heterocycles. The number of hydrogen-bond donors (Lipinski definition) is 0. The number of rotatable bonds is 3. The number of nitriles is 1. The van der Waals surface area contributed by atoms with Crippen LogP contribution in [0.4, 0.5) is 0 Å². The van der Waals surface area contributed by atoms with Crippen molar-refractivity contribution >= 4 is 21.8 Å². The number of ether oxygens (including phenoxy) is 1. The van der Waals surface area contributed by atoms with Gasteiger partial charge in [-0.2, -0.15) is 5.26 Å². The molecular weight excluding hydrogens is 284 g/mol. The van der Waals surface area contributed by atoms with E-state index in [1.165, 1.54) is 4.90 Å². The molecule has 0 radical (unpaired) electrons. The quantitative estimate of drug-likeness (QED) is 0.861. The minimum Gasteiger partial charge on any atom is -0.496 e. The molecule has 0 N–H and O–H groups in total. The Morgan fingerprint density at radius 3 is 2.71 bits per heavy atom. The molecule has 1 atom stereocenters. The summed E-state index contributed by atoms with van der Waals surface area (Å²) in [5.74, 6) is 0.472. The van der Waals surface area contributed by atoms with E-state index < -0.39 is 6.04 Å².